The number of hydrogen-bond acceptors (Lipinski definition) is 5. The molecule has 0 bridgehead atoms. The van der Waals surface area contributed by atoms with Crippen LogP contribution >= 0.6 is 0 Å². The lowest BCUT2D eigenvalue weighted by atomic mass is 9.83. The lowest BCUT2D eigenvalue weighted by molar-refractivity contribution is -0.0893. The molecule has 2 aromatic rings. The second-order valence-corrected chi connectivity index (χ2v) is 8.11. The highest BCUT2D eigenvalue weighted by molar-refractivity contribution is 6.51. The summed E-state index contributed by atoms with van der Waals surface area (Å²) in [6.07, 6.45) is 2.75. The van der Waals surface area contributed by atoms with Gasteiger partial charge in [0.15, 0.2) is 0 Å². The van der Waals surface area contributed by atoms with Gasteiger partial charge in [0.2, 0.25) is 0 Å². The summed E-state index contributed by atoms with van der Waals surface area (Å²) in [5.41, 5.74) is -1.27. The number of fused-ring (bicyclic) bond motifs is 1. The van der Waals surface area contributed by atoms with Crippen LogP contribution in [0.2, 0.25) is 0 Å². The third-order valence-corrected chi connectivity index (χ3v) is 4.14. The Balaban J connectivity index is 2.35. The minimum atomic E-state index is -1.04. The number of rotatable bonds is 4. The number of carbonyl (C=O) groups excluding carboxylic acids is 1. The van der Waals surface area contributed by atoms with Crippen LogP contribution in [0.25, 0.3) is 11.0 Å². The van der Waals surface area contributed by atoms with Crippen molar-refractivity contribution in [3.63, 3.8) is 0 Å². The highest BCUT2D eigenvalue weighted by Gasteiger charge is 2.36. The predicted octanol–water partition coefficient (Wildman–Crippen LogP) is 2.63. The minimum absolute atomic E-state index is 0.493. The van der Waals surface area contributed by atoms with E-state index in [9.17, 15) is 9.90 Å². The Morgan fingerprint density at radius 3 is 2.40 bits per heavy atom. The SMILES string of the molecule is CC(C)(C)OC(=O)n1cc([B]OC(C)(C)C(C)(C)O)c2cccnc21. The van der Waals surface area contributed by atoms with Crippen molar-refractivity contribution in [3.05, 3.63) is 24.5 Å². The average molecular weight is 345 g/mol. The minimum Gasteiger partial charge on any atom is -0.443 e. The number of pyridine rings is 1. The summed E-state index contributed by atoms with van der Waals surface area (Å²) in [6, 6.07) is 3.65. The molecule has 7 heteroatoms. The third kappa shape index (κ3) is 4.41. The van der Waals surface area contributed by atoms with Crippen molar-refractivity contribution in [2.75, 3.05) is 0 Å². The standard InChI is InChI=1S/C18H26BN2O4/c1-16(2,3)24-15(22)21-11-13(12-9-8-10-20-14(12)21)19-25-18(6,7)17(4,5)23/h8-11,23H,1-7H3. The number of nitrogens with zero attached hydrogens (tertiary/aromatic N) is 2. The summed E-state index contributed by atoms with van der Waals surface area (Å²) in [5, 5.41) is 11.0. The first-order valence-electron chi connectivity index (χ1n) is 8.25. The molecule has 2 rings (SSSR count). The average Bonchev–Trinajstić information content (AvgIpc) is 2.81. The molecule has 135 valence electrons. The van der Waals surface area contributed by atoms with Gasteiger partial charge in [0.25, 0.3) is 0 Å². The molecule has 0 fully saturated rings. The molecule has 0 aliphatic heterocycles. The van der Waals surface area contributed by atoms with Crippen LogP contribution in [0.5, 0.6) is 0 Å². The second-order valence-electron chi connectivity index (χ2n) is 8.11. The van der Waals surface area contributed by atoms with Gasteiger partial charge in [-0.3, -0.25) is 0 Å². The van der Waals surface area contributed by atoms with E-state index in [1.54, 1.807) is 53.6 Å². The van der Waals surface area contributed by atoms with Crippen molar-refractivity contribution in [2.45, 2.75) is 65.3 Å². The molecule has 25 heavy (non-hydrogen) atoms. The topological polar surface area (TPSA) is 73.6 Å². The molecule has 6 nitrogen and oxygen atoms in total. The molecule has 0 aliphatic carbocycles. The number of aliphatic hydroxyl groups is 1. The molecule has 1 radical (unpaired) electrons. The van der Waals surface area contributed by atoms with Crippen LogP contribution in [0.4, 0.5) is 4.79 Å². The Morgan fingerprint density at radius 2 is 1.84 bits per heavy atom. The summed E-state index contributed by atoms with van der Waals surface area (Å²) in [7, 11) is 1.54. The van der Waals surface area contributed by atoms with E-state index in [-0.39, 0.29) is 0 Å². The normalized spacial score (nSPS) is 13.1. The Kier molecular flexibility index (Phi) is 5.03. The summed E-state index contributed by atoms with van der Waals surface area (Å²) < 4.78 is 12.6. The van der Waals surface area contributed by atoms with E-state index < -0.39 is 22.9 Å². The van der Waals surface area contributed by atoms with Crippen molar-refractivity contribution in [3.8, 4) is 0 Å². The summed E-state index contributed by atoms with van der Waals surface area (Å²) in [4.78, 5) is 16.7. The summed E-state index contributed by atoms with van der Waals surface area (Å²) in [6.45, 7) is 12.4. The van der Waals surface area contributed by atoms with Gasteiger partial charge in [-0.15, -0.1) is 0 Å². The van der Waals surface area contributed by atoms with Gasteiger partial charge in [0.1, 0.15) is 11.2 Å². The first kappa shape index (κ1) is 19.5. The smallest absolute Gasteiger partial charge is 0.420 e. The molecule has 0 spiro atoms. The van der Waals surface area contributed by atoms with Crippen molar-refractivity contribution in [2.24, 2.45) is 0 Å². The van der Waals surface area contributed by atoms with Gasteiger partial charge in [0, 0.05) is 17.8 Å². The van der Waals surface area contributed by atoms with E-state index in [0.29, 0.717) is 11.1 Å². The fourth-order valence-electron chi connectivity index (χ4n) is 1.98. The van der Waals surface area contributed by atoms with E-state index >= 15 is 0 Å². The third-order valence-electron chi connectivity index (χ3n) is 4.14. The molecule has 0 aromatic carbocycles. The maximum absolute atomic E-state index is 12.5. The van der Waals surface area contributed by atoms with Crippen LogP contribution < -0.4 is 5.46 Å². The quantitative estimate of drug-likeness (QED) is 0.863. The summed E-state index contributed by atoms with van der Waals surface area (Å²) >= 11 is 0. The Labute approximate surface area is 149 Å². The van der Waals surface area contributed by atoms with Crippen molar-refractivity contribution < 1.29 is 19.3 Å². The Bertz CT molecular complexity index is 769. The van der Waals surface area contributed by atoms with Crippen LogP contribution in [0, 0.1) is 0 Å². The molecular formula is C18H26BN2O4. The zero-order valence-corrected chi connectivity index (χ0v) is 16.0. The largest absolute Gasteiger partial charge is 0.443 e. The van der Waals surface area contributed by atoms with Gasteiger partial charge in [-0.25, -0.2) is 14.3 Å². The van der Waals surface area contributed by atoms with Crippen molar-refractivity contribution >= 4 is 30.1 Å². The zero-order chi connectivity index (χ0) is 19.0. The molecule has 2 heterocycles. The van der Waals surface area contributed by atoms with Gasteiger partial charge < -0.3 is 14.5 Å². The number of carbonyl (C=O) groups is 1. The molecule has 0 aliphatic rings. The van der Waals surface area contributed by atoms with Crippen LogP contribution in [-0.2, 0) is 9.39 Å². The molecule has 0 saturated carbocycles. The lowest BCUT2D eigenvalue weighted by Gasteiger charge is -2.37. The second kappa shape index (κ2) is 6.46. The van der Waals surface area contributed by atoms with E-state index in [0.717, 1.165) is 5.39 Å². The monoisotopic (exact) mass is 345 g/mol. The van der Waals surface area contributed by atoms with Crippen LogP contribution in [0.3, 0.4) is 0 Å². The molecule has 1 N–H and O–H groups in total. The Morgan fingerprint density at radius 1 is 1.20 bits per heavy atom. The van der Waals surface area contributed by atoms with Gasteiger partial charge >= 0.3 is 13.6 Å². The van der Waals surface area contributed by atoms with Crippen LogP contribution in [0.1, 0.15) is 48.5 Å². The van der Waals surface area contributed by atoms with Crippen LogP contribution in [0.15, 0.2) is 24.5 Å². The molecule has 2 aromatic heterocycles. The van der Waals surface area contributed by atoms with Gasteiger partial charge in [0.05, 0.1) is 11.2 Å². The van der Waals surface area contributed by atoms with E-state index in [2.05, 4.69) is 4.98 Å². The molecule has 0 saturated heterocycles. The first-order valence-corrected chi connectivity index (χ1v) is 8.25. The fourth-order valence-corrected chi connectivity index (χ4v) is 1.98. The first-order chi connectivity index (χ1) is 11.3. The van der Waals surface area contributed by atoms with Crippen molar-refractivity contribution in [1.82, 2.24) is 9.55 Å². The fraction of sp³-hybridized carbons (Fsp3) is 0.556. The van der Waals surface area contributed by atoms with Crippen LogP contribution in [-0.4, -0.2) is 45.0 Å². The number of hydrogen-bond donors (Lipinski definition) is 1. The Hall–Kier alpha value is -1.86. The predicted molar refractivity (Wildman–Crippen MR) is 98.2 cm³/mol. The van der Waals surface area contributed by atoms with Gasteiger partial charge in [-0.05, 0) is 60.0 Å². The lowest BCUT2D eigenvalue weighted by Crippen LogP contribution is -2.49. The number of aromatic nitrogens is 2. The molecule has 0 amide bonds. The molecule has 0 unspecified atom stereocenters. The van der Waals surface area contributed by atoms with Gasteiger partial charge in [-0.1, -0.05) is 6.07 Å². The highest BCUT2D eigenvalue weighted by Crippen LogP contribution is 2.24. The van der Waals surface area contributed by atoms with E-state index in [1.165, 1.54) is 4.57 Å². The number of ether oxygens (including phenoxy) is 1. The van der Waals surface area contributed by atoms with E-state index in [1.807, 2.05) is 26.8 Å². The maximum Gasteiger partial charge on any atom is 0.420 e. The van der Waals surface area contributed by atoms with Crippen molar-refractivity contribution in [1.29, 1.82) is 0 Å². The van der Waals surface area contributed by atoms with Gasteiger partial charge in [-0.2, -0.15) is 0 Å². The summed E-state index contributed by atoms with van der Waals surface area (Å²) in [5.74, 6) is 0. The zero-order valence-electron chi connectivity index (χ0n) is 16.0. The maximum atomic E-state index is 12.5. The highest BCUT2D eigenvalue weighted by atomic mass is 16.6. The molecular weight excluding hydrogens is 319 g/mol. The van der Waals surface area contributed by atoms with E-state index in [4.69, 9.17) is 9.39 Å². The molecule has 0 atom stereocenters.